The summed E-state index contributed by atoms with van der Waals surface area (Å²) in [5, 5.41) is 13.5. The number of nitrogens with zero attached hydrogens (tertiary/aromatic N) is 5. The minimum atomic E-state index is -4.02. The molecule has 2 N–H and O–H groups in total. The number of benzene rings is 1. The lowest BCUT2D eigenvalue weighted by Gasteiger charge is -2.15. The molecule has 9 nitrogen and oxygen atoms in total. The summed E-state index contributed by atoms with van der Waals surface area (Å²) in [5.74, 6) is 0.154. The van der Waals surface area contributed by atoms with Crippen molar-refractivity contribution < 1.29 is 8.42 Å². The van der Waals surface area contributed by atoms with Crippen molar-refractivity contribution in [3.8, 4) is 0 Å². The summed E-state index contributed by atoms with van der Waals surface area (Å²) in [6.07, 6.45) is 7.57. The first kappa shape index (κ1) is 17.9. The van der Waals surface area contributed by atoms with Crippen LogP contribution in [0, 0.1) is 6.57 Å². The number of sulfone groups is 1. The van der Waals surface area contributed by atoms with Crippen molar-refractivity contribution in [3.05, 3.63) is 45.9 Å². The predicted octanol–water partition coefficient (Wildman–Crippen LogP) is 2.64. The molecule has 0 fully saturated rings. The van der Waals surface area contributed by atoms with E-state index in [1.54, 1.807) is 0 Å². The van der Waals surface area contributed by atoms with Gasteiger partial charge in [-0.25, -0.2) is 13.5 Å². The van der Waals surface area contributed by atoms with Gasteiger partial charge in [-0.2, -0.15) is 9.67 Å². The van der Waals surface area contributed by atoms with Crippen LogP contribution in [0.25, 0.3) is 4.85 Å². The maximum absolute atomic E-state index is 12.9. The van der Waals surface area contributed by atoms with Crippen LogP contribution in [0.5, 0.6) is 0 Å². The molecule has 2 aromatic heterocycles. The van der Waals surface area contributed by atoms with E-state index in [1.807, 2.05) is 0 Å². The van der Waals surface area contributed by atoms with Crippen LogP contribution in [0.1, 0.15) is 35.1 Å². The Morgan fingerprint density at radius 2 is 1.86 bits per heavy atom. The number of fused-ring (bicyclic) bond motifs is 2. The fourth-order valence-corrected chi connectivity index (χ4v) is 5.52. The maximum Gasteiger partial charge on any atom is 0.271 e. The Bertz CT molecular complexity index is 1250. The molecule has 1 aromatic carbocycles. The number of aromatic nitrogens is 5. The SMILES string of the molecule is [C-]#[N+]c1c(S(=O)(=O)c2nc(Nc3c4c(cc5c3CCC5)CCC4)n[nH]2)cnn1C. The molecular weight excluding hydrogens is 390 g/mol. The van der Waals surface area contributed by atoms with Gasteiger partial charge in [0.15, 0.2) is 0 Å². The molecule has 2 aliphatic carbocycles. The molecule has 2 aliphatic rings. The number of nitrogens with one attached hydrogen (secondary N) is 2. The molecule has 29 heavy (non-hydrogen) atoms. The fourth-order valence-electron chi connectivity index (χ4n) is 4.33. The van der Waals surface area contributed by atoms with Gasteiger partial charge in [-0.1, -0.05) is 12.6 Å². The third-order valence-electron chi connectivity index (χ3n) is 5.70. The molecular formula is C19H19N7O2S. The number of anilines is 2. The van der Waals surface area contributed by atoms with Gasteiger partial charge in [0.05, 0.1) is 13.2 Å². The summed E-state index contributed by atoms with van der Waals surface area (Å²) in [7, 11) is -2.50. The Labute approximate surface area is 167 Å². The van der Waals surface area contributed by atoms with E-state index >= 15 is 0 Å². The highest BCUT2D eigenvalue weighted by Gasteiger charge is 2.29. The molecule has 0 radical (unpaired) electrons. The van der Waals surface area contributed by atoms with Gasteiger partial charge in [-0.15, -0.1) is 10.2 Å². The lowest BCUT2D eigenvalue weighted by molar-refractivity contribution is 0.588. The van der Waals surface area contributed by atoms with Crippen LogP contribution in [-0.2, 0) is 42.6 Å². The van der Waals surface area contributed by atoms with E-state index in [0.29, 0.717) is 0 Å². The highest BCUT2D eigenvalue weighted by molar-refractivity contribution is 7.91. The maximum atomic E-state index is 12.9. The third-order valence-corrected chi connectivity index (χ3v) is 7.26. The Balaban J connectivity index is 1.52. The molecule has 0 aliphatic heterocycles. The second kappa shape index (κ2) is 6.42. The first-order chi connectivity index (χ1) is 14.0. The van der Waals surface area contributed by atoms with Crippen LogP contribution >= 0.6 is 0 Å². The zero-order valence-corrected chi connectivity index (χ0v) is 16.7. The van der Waals surface area contributed by atoms with Gasteiger partial charge in [-0.05, 0) is 60.8 Å². The van der Waals surface area contributed by atoms with Crippen LogP contribution in [0.15, 0.2) is 22.3 Å². The summed E-state index contributed by atoms with van der Waals surface area (Å²) in [4.78, 5) is 7.27. The Morgan fingerprint density at radius 3 is 2.52 bits per heavy atom. The molecule has 0 saturated heterocycles. The van der Waals surface area contributed by atoms with E-state index < -0.39 is 9.84 Å². The number of rotatable bonds is 4. The molecule has 10 heteroatoms. The Morgan fingerprint density at radius 1 is 1.17 bits per heavy atom. The van der Waals surface area contributed by atoms with E-state index in [1.165, 1.54) is 34.0 Å². The molecule has 148 valence electrons. The van der Waals surface area contributed by atoms with Crippen molar-refractivity contribution in [3.63, 3.8) is 0 Å². The monoisotopic (exact) mass is 409 g/mol. The van der Waals surface area contributed by atoms with Crippen molar-refractivity contribution in [1.29, 1.82) is 0 Å². The molecule has 0 unspecified atom stereocenters. The second-order valence-electron chi connectivity index (χ2n) is 7.39. The minimum absolute atomic E-state index is 0.0605. The van der Waals surface area contributed by atoms with Gasteiger partial charge < -0.3 is 10.2 Å². The average Bonchev–Trinajstić information content (AvgIpc) is 3.47. The number of H-pyrrole nitrogens is 1. The van der Waals surface area contributed by atoms with Gasteiger partial charge in [0.25, 0.3) is 5.82 Å². The molecule has 5 rings (SSSR count). The summed E-state index contributed by atoms with van der Waals surface area (Å²) in [6.45, 7) is 7.22. The van der Waals surface area contributed by atoms with E-state index in [4.69, 9.17) is 6.57 Å². The van der Waals surface area contributed by atoms with Crippen LogP contribution < -0.4 is 5.32 Å². The smallest absolute Gasteiger partial charge is 0.271 e. The first-order valence-corrected chi connectivity index (χ1v) is 11.0. The van der Waals surface area contributed by atoms with Gasteiger partial charge >= 0.3 is 0 Å². The summed E-state index contributed by atoms with van der Waals surface area (Å²) in [5.41, 5.74) is 6.37. The minimum Gasteiger partial charge on any atom is -0.361 e. The zero-order chi connectivity index (χ0) is 20.2. The van der Waals surface area contributed by atoms with Crippen molar-refractivity contribution >= 4 is 27.3 Å². The summed E-state index contributed by atoms with van der Waals surface area (Å²) < 4.78 is 27.0. The lowest BCUT2D eigenvalue weighted by Crippen LogP contribution is -2.05. The van der Waals surface area contributed by atoms with Crippen LogP contribution in [0.3, 0.4) is 0 Å². The topological polar surface area (TPSA) is 110 Å². The van der Waals surface area contributed by atoms with Gasteiger partial charge in [0, 0.05) is 5.69 Å². The molecule has 3 aromatic rings. The second-order valence-corrected chi connectivity index (χ2v) is 9.23. The quantitative estimate of drug-likeness (QED) is 0.641. The summed E-state index contributed by atoms with van der Waals surface area (Å²) >= 11 is 0. The zero-order valence-electron chi connectivity index (χ0n) is 15.9. The Hall–Kier alpha value is -3.19. The number of aromatic amines is 1. The molecule has 0 amide bonds. The van der Waals surface area contributed by atoms with Gasteiger partial charge in [0.2, 0.25) is 20.9 Å². The molecule has 2 heterocycles. The lowest BCUT2D eigenvalue weighted by atomic mass is 9.99. The standard InChI is InChI=1S/C19H19N7O2S/c1-20-17-15(10-21-26(17)2)29(27,28)19-23-18(24-25-19)22-16-13-7-3-5-11(13)9-12-6-4-8-14(12)16/h9-10H,3-8H2,2H3,(H2,22,23,24,25). The van der Waals surface area contributed by atoms with Crippen LogP contribution in [-0.4, -0.2) is 33.4 Å². The van der Waals surface area contributed by atoms with E-state index in [-0.39, 0.29) is 21.8 Å². The normalized spacial score (nSPS) is 15.2. The van der Waals surface area contributed by atoms with Gasteiger partial charge in [0.1, 0.15) is 4.90 Å². The number of hydrogen-bond acceptors (Lipinski definition) is 6. The summed E-state index contributed by atoms with van der Waals surface area (Å²) in [6, 6.07) is 2.33. The van der Waals surface area contributed by atoms with Gasteiger partial charge in [-0.3, -0.25) is 0 Å². The van der Waals surface area contributed by atoms with Crippen LogP contribution in [0.4, 0.5) is 17.5 Å². The highest BCUT2D eigenvalue weighted by atomic mass is 32.2. The van der Waals surface area contributed by atoms with Crippen molar-refractivity contribution in [2.24, 2.45) is 7.05 Å². The van der Waals surface area contributed by atoms with Crippen molar-refractivity contribution in [1.82, 2.24) is 25.0 Å². The third kappa shape index (κ3) is 2.73. The molecule has 0 spiro atoms. The largest absolute Gasteiger partial charge is 0.361 e. The fraction of sp³-hybridized carbons (Fsp3) is 0.368. The Kier molecular flexibility index (Phi) is 3.96. The average molecular weight is 409 g/mol. The van der Waals surface area contributed by atoms with Crippen molar-refractivity contribution in [2.75, 3.05) is 5.32 Å². The molecule has 0 bridgehead atoms. The number of hydrogen-bond donors (Lipinski definition) is 2. The van der Waals surface area contributed by atoms with Crippen molar-refractivity contribution in [2.45, 2.75) is 48.6 Å². The van der Waals surface area contributed by atoms with E-state index in [9.17, 15) is 8.42 Å². The van der Waals surface area contributed by atoms with E-state index in [0.717, 1.165) is 50.4 Å². The first-order valence-electron chi connectivity index (χ1n) is 9.49. The molecule has 0 saturated carbocycles. The van der Waals surface area contributed by atoms with Crippen LogP contribution in [0.2, 0.25) is 0 Å². The number of aryl methyl sites for hydroxylation is 3. The highest BCUT2D eigenvalue weighted by Crippen LogP contribution is 2.39. The molecule has 0 atom stereocenters. The predicted molar refractivity (Wildman–Crippen MR) is 105 cm³/mol. The van der Waals surface area contributed by atoms with E-state index in [2.05, 4.69) is 36.5 Å².